The van der Waals surface area contributed by atoms with Crippen LogP contribution in [0, 0.1) is 6.92 Å². The minimum Gasteiger partial charge on any atom is -0.484 e. The fraction of sp³-hybridized carbons (Fsp3) is 0.438. The van der Waals surface area contributed by atoms with Crippen molar-refractivity contribution >= 4 is 17.7 Å². The van der Waals surface area contributed by atoms with E-state index in [0.717, 1.165) is 17.7 Å². The number of nitrogens with one attached hydrogen (secondary N) is 1. The summed E-state index contributed by atoms with van der Waals surface area (Å²) in [5.74, 6) is 1.10. The van der Waals surface area contributed by atoms with Crippen LogP contribution >= 0.6 is 11.8 Å². The number of thioether (sulfide) groups is 1. The van der Waals surface area contributed by atoms with Gasteiger partial charge in [-0.05, 0) is 38.0 Å². The number of benzene rings is 1. The molecule has 0 fully saturated rings. The van der Waals surface area contributed by atoms with Gasteiger partial charge in [-0.15, -0.1) is 10.2 Å². The number of nitrogens with zero attached hydrogens (tertiary/aromatic N) is 2. The fourth-order valence-corrected chi connectivity index (χ4v) is 2.52. The van der Waals surface area contributed by atoms with Crippen LogP contribution < -0.4 is 10.1 Å². The van der Waals surface area contributed by atoms with E-state index in [-0.39, 0.29) is 17.8 Å². The van der Waals surface area contributed by atoms with Crippen LogP contribution in [0.25, 0.3) is 0 Å². The molecule has 7 heteroatoms. The summed E-state index contributed by atoms with van der Waals surface area (Å²) in [5.41, 5.74) is 1.12. The number of hydrogen-bond acceptors (Lipinski definition) is 6. The molecule has 0 saturated carbocycles. The monoisotopic (exact) mass is 335 g/mol. The van der Waals surface area contributed by atoms with Crippen molar-refractivity contribution in [2.45, 2.75) is 44.3 Å². The third kappa shape index (κ3) is 5.59. The van der Waals surface area contributed by atoms with Crippen molar-refractivity contribution in [1.29, 1.82) is 0 Å². The third-order valence-corrected chi connectivity index (χ3v) is 3.93. The van der Waals surface area contributed by atoms with Crippen LogP contribution in [0.3, 0.4) is 0 Å². The first-order chi connectivity index (χ1) is 11.1. The van der Waals surface area contributed by atoms with Crippen molar-refractivity contribution in [1.82, 2.24) is 15.5 Å². The van der Waals surface area contributed by atoms with E-state index in [9.17, 15) is 4.79 Å². The lowest BCUT2D eigenvalue weighted by Crippen LogP contribution is -2.31. The number of aryl methyl sites for hydroxylation is 1. The molecule has 0 radical (unpaired) electrons. The Morgan fingerprint density at radius 3 is 3.00 bits per heavy atom. The number of carbonyl (C=O) groups is 1. The van der Waals surface area contributed by atoms with Gasteiger partial charge in [0.1, 0.15) is 5.75 Å². The lowest BCUT2D eigenvalue weighted by atomic mass is 10.2. The molecule has 6 nitrogen and oxygen atoms in total. The minimum atomic E-state index is -0.285. The lowest BCUT2D eigenvalue weighted by molar-refractivity contribution is -0.120. The molecule has 0 aliphatic carbocycles. The van der Waals surface area contributed by atoms with Crippen LogP contribution in [0.1, 0.15) is 31.7 Å². The van der Waals surface area contributed by atoms with Gasteiger partial charge in [-0.25, -0.2) is 0 Å². The van der Waals surface area contributed by atoms with Crippen molar-refractivity contribution in [3.63, 3.8) is 0 Å². The first-order valence-electron chi connectivity index (χ1n) is 7.54. The van der Waals surface area contributed by atoms with Crippen molar-refractivity contribution in [2.75, 3.05) is 6.54 Å². The van der Waals surface area contributed by atoms with Crippen LogP contribution in [0.2, 0.25) is 0 Å². The van der Waals surface area contributed by atoms with E-state index in [2.05, 4.69) is 15.5 Å². The maximum Gasteiger partial charge on any atom is 0.277 e. The zero-order valence-electron chi connectivity index (χ0n) is 13.5. The van der Waals surface area contributed by atoms with Crippen molar-refractivity contribution < 1.29 is 13.9 Å². The number of amides is 1. The molecule has 1 amide bonds. The summed E-state index contributed by atoms with van der Waals surface area (Å²) in [4.78, 5) is 11.8. The minimum absolute atomic E-state index is 0.0346. The van der Waals surface area contributed by atoms with Crippen LogP contribution in [0.4, 0.5) is 0 Å². The Morgan fingerprint density at radius 1 is 1.43 bits per heavy atom. The van der Waals surface area contributed by atoms with Gasteiger partial charge in [0.15, 0.2) is 6.61 Å². The number of ether oxygens (including phenoxy) is 1. The summed E-state index contributed by atoms with van der Waals surface area (Å²) >= 11 is 1.24. The second-order valence-electron chi connectivity index (χ2n) is 5.12. The van der Waals surface area contributed by atoms with E-state index in [1.807, 2.05) is 45.0 Å². The van der Waals surface area contributed by atoms with Gasteiger partial charge in [0, 0.05) is 6.54 Å². The van der Waals surface area contributed by atoms with Gasteiger partial charge in [0.25, 0.3) is 11.1 Å². The molecule has 0 spiro atoms. The Hall–Kier alpha value is -2.02. The van der Waals surface area contributed by atoms with Crippen LogP contribution in [-0.2, 0) is 11.4 Å². The molecule has 1 atom stereocenters. The topological polar surface area (TPSA) is 77.2 Å². The Balaban J connectivity index is 1.84. The molecule has 2 rings (SSSR count). The van der Waals surface area contributed by atoms with Crippen LogP contribution in [-0.4, -0.2) is 27.9 Å². The number of rotatable bonds is 8. The molecular weight excluding hydrogens is 314 g/mol. The fourth-order valence-electron chi connectivity index (χ4n) is 1.79. The lowest BCUT2D eigenvalue weighted by Gasteiger charge is -2.08. The van der Waals surface area contributed by atoms with E-state index < -0.39 is 0 Å². The third-order valence-electron chi connectivity index (χ3n) is 3.00. The molecule has 0 aliphatic rings. The largest absolute Gasteiger partial charge is 0.484 e. The Bertz CT molecular complexity index is 645. The molecule has 0 bridgehead atoms. The van der Waals surface area contributed by atoms with Gasteiger partial charge in [-0.2, -0.15) is 0 Å². The molecule has 0 aliphatic heterocycles. The Labute approximate surface area is 140 Å². The summed E-state index contributed by atoms with van der Waals surface area (Å²) in [5, 5.41) is 10.8. The number of carbonyl (C=O) groups excluding carboxylic acids is 1. The van der Waals surface area contributed by atoms with E-state index >= 15 is 0 Å². The van der Waals surface area contributed by atoms with Crippen LogP contribution in [0.5, 0.6) is 5.75 Å². The zero-order valence-corrected chi connectivity index (χ0v) is 14.4. The average molecular weight is 335 g/mol. The quantitative estimate of drug-likeness (QED) is 0.747. The molecule has 1 aromatic heterocycles. The maximum atomic E-state index is 11.8. The first kappa shape index (κ1) is 17.3. The van der Waals surface area contributed by atoms with Crippen molar-refractivity contribution in [2.24, 2.45) is 0 Å². The molecule has 1 heterocycles. The highest BCUT2D eigenvalue weighted by molar-refractivity contribution is 8.00. The highest BCUT2D eigenvalue weighted by atomic mass is 32.2. The smallest absolute Gasteiger partial charge is 0.277 e. The molecule has 2 aromatic rings. The maximum absolute atomic E-state index is 11.8. The summed E-state index contributed by atoms with van der Waals surface area (Å²) in [6, 6.07) is 7.74. The summed E-state index contributed by atoms with van der Waals surface area (Å²) in [7, 11) is 0. The van der Waals surface area contributed by atoms with Crippen molar-refractivity contribution in [3.05, 3.63) is 35.7 Å². The highest BCUT2D eigenvalue weighted by Gasteiger charge is 2.17. The van der Waals surface area contributed by atoms with E-state index in [4.69, 9.17) is 9.15 Å². The normalized spacial score (nSPS) is 12.0. The summed E-state index contributed by atoms with van der Waals surface area (Å²) < 4.78 is 11.1. The SMILES string of the molecule is CCCNC(=O)C(C)Sc1nnc(COc2cccc(C)c2)o1. The molecule has 1 unspecified atom stereocenters. The van der Waals surface area contributed by atoms with E-state index in [0.29, 0.717) is 17.7 Å². The highest BCUT2D eigenvalue weighted by Crippen LogP contribution is 2.22. The molecular formula is C16H21N3O3S. The van der Waals surface area contributed by atoms with E-state index in [1.165, 1.54) is 11.8 Å². The number of aromatic nitrogens is 2. The number of hydrogen-bond donors (Lipinski definition) is 1. The molecule has 0 saturated heterocycles. The zero-order chi connectivity index (χ0) is 16.7. The summed E-state index contributed by atoms with van der Waals surface area (Å²) in [6.45, 7) is 6.69. The predicted molar refractivity (Wildman–Crippen MR) is 88.4 cm³/mol. The van der Waals surface area contributed by atoms with Gasteiger partial charge in [-0.1, -0.05) is 30.8 Å². The molecule has 23 heavy (non-hydrogen) atoms. The van der Waals surface area contributed by atoms with Gasteiger partial charge >= 0.3 is 0 Å². The second-order valence-corrected chi connectivity index (χ2v) is 6.41. The summed E-state index contributed by atoms with van der Waals surface area (Å²) in [6.07, 6.45) is 0.907. The van der Waals surface area contributed by atoms with Gasteiger partial charge in [-0.3, -0.25) is 4.79 Å². The standard InChI is InChI=1S/C16H21N3O3S/c1-4-8-17-15(20)12(3)23-16-19-18-14(22-16)10-21-13-7-5-6-11(2)9-13/h5-7,9,12H,4,8,10H2,1-3H3,(H,17,20). The molecule has 1 aromatic carbocycles. The molecule has 1 N–H and O–H groups in total. The first-order valence-corrected chi connectivity index (χ1v) is 8.42. The van der Waals surface area contributed by atoms with E-state index in [1.54, 1.807) is 0 Å². The Morgan fingerprint density at radius 2 is 2.26 bits per heavy atom. The predicted octanol–water partition coefficient (Wildman–Crippen LogP) is 2.96. The van der Waals surface area contributed by atoms with Gasteiger partial charge < -0.3 is 14.5 Å². The molecule has 124 valence electrons. The Kier molecular flexibility index (Phi) is 6.46. The average Bonchev–Trinajstić information content (AvgIpc) is 2.98. The second kappa shape index (κ2) is 8.57. The van der Waals surface area contributed by atoms with Crippen molar-refractivity contribution in [3.8, 4) is 5.75 Å². The van der Waals surface area contributed by atoms with Gasteiger partial charge in [0.05, 0.1) is 5.25 Å². The van der Waals surface area contributed by atoms with Gasteiger partial charge in [0.2, 0.25) is 5.91 Å². The van der Waals surface area contributed by atoms with Crippen LogP contribution in [0.15, 0.2) is 33.9 Å².